The third kappa shape index (κ3) is 0.650. The Bertz CT molecular complexity index is 212. The molecule has 0 saturated heterocycles. The highest BCUT2D eigenvalue weighted by Gasteiger charge is 2.11. The largest absolute Gasteiger partial charge is 0.385 e. The highest BCUT2D eigenvalue weighted by molar-refractivity contribution is 6.19. The van der Waals surface area contributed by atoms with Gasteiger partial charge >= 0.3 is 0 Å². The van der Waals surface area contributed by atoms with Crippen LogP contribution in [0.3, 0.4) is 0 Å². The van der Waals surface area contributed by atoms with Gasteiger partial charge < -0.3 is 5.32 Å². The monoisotopic (exact) mass is 120 g/mol. The first-order valence-electron chi connectivity index (χ1n) is 2.82. The van der Waals surface area contributed by atoms with Crippen LogP contribution in [0.4, 0.5) is 0 Å². The third-order valence-corrected chi connectivity index (χ3v) is 1.35. The summed E-state index contributed by atoms with van der Waals surface area (Å²) in [6.07, 6.45) is 3.73. The summed E-state index contributed by atoms with van der Waals surface area (Å²) in [4.78, 5) is 7.93. The number of hydrogen-bond acceptors (Lipinski definition) is 3. The quantitative estimate of drug-likeness (QED) is 0.484. The minimum atomic E-state index is 0.845. The van der Waals surface area contributed by atoms with Gasteiger partial charge in [-0.15, -0.1) is 0 Å². The highest BCUT2D eigenvalue weighted by atomic mass is 15.0. The molecular formula is C6H6N3. The van der Waals surface area contributed by atoms with Crippen LogP contribution in [0.1, 0.15) is 0 Å². The molecule has 0 aliphatic carbocycles. The maximum Gasteiger partial charge on any atom is 0.181 e. The molecule has 2 heterocycles. The topological polar surface area (TPSA) is 36.8 Å². The Labute approximate surface area is 53.2 Å². The zero-order chi connectivity index (χ0) is 6.10. The lowest BCUT2D eigenvalue weighted by atomic mass is 10.2. The molecule has 3 heteroatoms. The maximum absolute atomic E-state index is 4.05. The molecule has 0 spiro atoms. The molecule has 1 radical (unpaired) electrons. The Kier molecular flexibility index (Phi) is 0.886. The van der Waals surface area contributed by atoms with Crippen molar-refractivity contribution < 1.29 is 0 Å². The number of hydrogen-bond donors (Lipinski definition) is 1. The lowest BCUT2D eigenvalue weighted by Gasteiger charge is -1.99. The van der Waals surface area contributed by atoms with E-state index in [0.29, 0.717) is 0 Å². The average Bonchev–Trinajstić information content (AvgIpc) is 2.33. The van der Waals surface area contributed by atoms with Crippen LogP contribution >= 0.6 is 0 Å². The summed E-state index contributed by atoms with van der Waals surface area (Å²) < 4.78 is 0. The van der Waals surface area contributed by atoms with Gasteiger partial charge in [-0.1, -0.05) is 0 Å². The van der Waals surface area contributed by atoms with Crippen molar-refractivity contribution >= 4 is 11.9 Å². The Morgan fingerprint density at radius 1 is 1.56 bits per heavy atom. The van der Waals surface area contributed by atoms with Gasteiger partial charge in [0.05, 0.1) is 12.3 Å². The van der Waals surface area contributed by atoms with E-state index >= 15 is 0 Å². The molecule has 0 aromatic carbocycles. The fourth-order valence-electron chi connectivity index (χ4n) is 0.892. The summed E-state index contributed by atoms with van der Waals surface area (Å²) in [6, 6.07) is 0. The number of nitrogens with zero attached hydrogens (tertiary/aromatic N) is 2. The predicted octanol–water partition coefficient (Wildman–Crippen LogP) is 0.118. The van der Waals surface area contributed by atoms with Crippen LogP contribution in [-0.4, -0.2) is 18.5 Å². The smallest absolute Gasteiger partial charge is 0.181 e. The molecule has 9 heavy (non-hydrogen) atoms. The Balaban J connectivity index is 2.37. The van der Waals surface area contributed by atoms with Gasteiger partial charge in [0.25, 0.3) is 0 Å². The summed E-state index contributed by atoms with van der Waals surface area (Å²) in [5, 5.41) is 3.06. The highest BCUT2D eigenvalue weighted by Crippen LogP contribution is 2.06. The molecule has 0 unspecified atom stereocenters. The van der Waals surface area contributed by atoms with E-state index in [-0.39, 0.29) is 0 Å². The van der Waals surface area contributed by atoms with E-state index in [4.69, 9.17) is 0 Å². The molecule has 0 saturated carbocycles. The average molecular weight is 120 g/mol. The normalized spacial score (nSPS) is 22.2. The van der Waals surface area contributed by atoms with Crippen LogP contribution in [0.2, 0.25) is 0 Å². The zero-order valence-corrected chi connectivity index (χ0v) is 4.83. The van der Waals surface area contributed by atoms with Gasteiger partial charge in [-0.25, -0.2) is 0 Å². The van der Waals surface area contributed by atoms with Crippen LogP contribution in [0.15, 0.2) is 21.8 Å². The molecule has 0 aromatic heterocycles. The van der Waals surface area contributed by atoms with Gasteiger partial charge in [0.2, 0.25) is 0 Å². The number of nitrogens with one attached hydrogen (secondary N) is 1. The van der Waals surface area contributed by atoms with E-state index in [2.05, 4.69) is 15.3 Å². The molecule has 1 N–H and O–H groups in total. The first-order chi connectivity index (χ1) is 4.47. The molecule has 3 nitrogen and oxygen atoms in total. The van der Waals surface area contributed by atoms with Crippen LogP contribution in [0, 0.1) is 6.67 Å². The van der Waals surface area contributed by atoms with Crippen molar-refractivity contribution in [1.82, 2.24) is 5.32 Å². The van der Waals surface area contributed by atoms with Crippen molar-refractivity contribution in [3.63, 3.8) is 0 Å². The van der Waals surface area contributed by atoms with Gasteiger partial charge in [-0.2, -0.15) is 0 Å². The molecular weight excluding hydrogens is 114 g/mol. The molecule has 0 amide bonds. The minimum absolute atomic E-state index is 0.845. The number of fused-ring (bicyclic) bond motifs is 1. The number of rotatable bonds is 0. The van der Waals surface area contributed by atoms with Crippen LogP contribution in [-0.2, 0) is 0 Å². The van der Waals surface area contributed by atoms with E-state index in [9.17, 15) is 0 Å². The van der Waals surface area contributed by atoms with Crippen molar-refractivity contribution in [3.8, 4) is 0 Å². The summed E-state index contributed by atoms with van der Waals surface area (Å²) in [5.74, 6) is 0. The molecule has 0 atom stereocenters. The van der Waals surface area contributed by atoms with Gasteiger partial charge in [0.15, 0.2) is 6.67 Å². The summed E-state index contributed by atoms with van der Waals surface area (Å²) in [7, 11) is 0. The Morgan fingerprint density at radius 2 is 2.56 bits per heavy atom. The summed E-state index contributed by atoms with van der Waals surface area (Å²) >= 11 is 0. The van der Waals surface area contributed by atoms with E-state index in [1.54, 1.807) is 6.67 Å². The summed E-state index contributed by atoms with van der Waals surface area (Å²) in [5.41, 5.74) is 2.20. The lowest BCUT2D eigenvalue weighted by Crippen LogP contribution is -2.11. The first kappa shape index (κ1) is 4.73. The molecule has 2 rings (SSSR count). The Morgan fingerprint density at radius 3 is 3.44 bits per heavy atom. The second-order valence-electron chi connectivity index (χ2n) is 1.95. The third-order valence-electron chi connectivity index (χ3n) is 1.35. The minimum Gasteiger partial charge on any atom is -0.385 e. The number of aliphatic imine (C=N–C) groups is 2. The molecule has 2 aliphatic rings. The Hall–Kier alpha value is -1.12. The second kappa shape index (κ2) is 1.69. The van der Waals surface area contributed by atoms with Crippen molar-refractivity contribution in [2.24, 2.45) is 9.98 Å². The lowest BCUT2D eigenvalue weighted by molar-refractivity contribution is 1.05. The van der Waals surface area contributed by atoms with Gasteiger partial charge in [0, 0.05) is 18.0 Å². The van der Waals surface area contributed by atoms with Crippen molar-refractivity contribution in [2.75, 3.05) is 6.54 Å². The SMILES string of the molecule is [CH]1N=CC2=CNCC2=N1. The molecule has 2 aliphatic heterocycles. The van der Waals surface area contributed by atoms with E-state index in [1.165, 1.54) is 0 Å². The van der Waals surface area contributed by atoms with Gasteiger partial charge in [-0.3, -0.25) is 9.98 Å². The molecule has 0 bridgehead atoms. The van der Waals surface area contributed by atoms with Crippen LogP contribution < -0.4 is 5.32 Å². The zero-order valence-electron chi connectivity index (χ0n) is 4.83. The molecule has 45 valence electrons. The van der Waals surface area contributed by atoms with E-state index in [1.807, 2.05) is 12.4 Å². The van der Waals surface area contributed by atoms with E-state index < -0.39 is 0 Å². The molecule has 0 aromatic rings. The van der Waals surface area contributed by atoms with Crippen LogP contribution in [0.5, 0.6) is 0 Å². The van der Waals surface area contributed by atoms with Crippen molar-refractivity contribution in [2.45, 2.75) is 0 Å². The molecule has 0 fully saturated rings. The fraction of sp³-hybridized carbons (Fsp3) is 0.167. The predicted molar refractivity (Wildman–Crippen MR) is 36.3 cm³/mol. The maximum atomic E-state index is 4.05. The van der Waals surface area contributed by atoms with Gasteiger partial charge in [0.1, 0.15) is 0 Å². The van der Waals surface area contributed by atoms with E-state index in [0.717, 1.165) is 17.8 Å². The second-order valence-corrected chi connectivity index (χ2v) is 1.95. The standard InChI is InChI=1S/C6H6N3/c1-5-2-8-4-9-6(5)3-7-1/h1-2,4,7H,3H2. The van der Waals surface area contributed by atoms with Crippen molar-refractivity contribution in [1.29, 1.82) is 0 Å². The summed E-state index contributed by atoms with van der Waals surface area (Å²) in [6.45, 7) is 2.41. The fourth-order valence-corrected chi connectivity index (χ4v) is 0.892. The first-order valence-corrected chi connectivity index (χ1v) is 2.82. The van der Waals surface area contributed by atoms with Crippen LogP contribution in [0.25, 0.3) is 0 Å². The van der Waals surface area contributed by atoms with Gasteiger partial charge in [-0.05, 0) is 0 Å². The van der Waals surface area contributed by atoms with Crippen molar-refractivity contribution in [3.05, 3.63) is 18.4 Å².